The number of rotatable bonds is 2. The molecule has 1 N–H and O–H groups in total. The van der Waals surface area contributed by atoms with E-state index in [0.29, 0.717) is 17.1 Å². The van der Waals surface area contributed by atoms with Crippen LogP contribution in [0.15, 0.2) is 35.0 Å². The lowest BCUT2D eigenvalue weighted by molar-refractivity contribution is 0.425. The van der Waals surface area contributed by atoms with Crippen LogP contribution in [0.25, 0.3) is 23.0 Å². The van der Waals surface area contributed by atoms with Crippen LogP contribution in [0.1, 0.15) is 11.1 Å². The Morgan fingerprint density at radius 3 is 2.76 bits per heavy atom. The average Bonchev–Trinajstić information content (AvgIpc) is 2.91. The highest BCUT2D eigenvalue weighted by Crippen LogP contribution is 2.31. The molecule has 2 aromatic heterocycles. The molecule has 0 fully saturated rings. The number of aromatic hydroxyl groups is 1. The predicted molar refractivity (Wildman–Crippen MR) is 86.8 cm³/mol. The molecule has 106 valence electrons. The van der Waals surface area contributed by atoms with E-state index in [4.69, 9.17) is 4.52 Å². The second-order valence-corrected chi connectivity index (χ2v) is 6.01. The number of nitrogens with zero attached hydrogens (tertiary/aromatic N) is 3. The molecular formula is C15H12IN3O2. The van der Waals surface area contributed by atoms with Gasteiger partial charge in [-0.3, -0.25) is 4.98 Å². The molecule has 3 aromatic rings. The molecule has 0 aliphatic carbocycles. The molecule has 0 saturated carbocycles. The number of benzene rings is 1. The number of hydrogen-bond acceptors (Lipinski definition) is 5. The average molecular weight is 393 g/mol. The van der Waals surface area contributed by atoms with Crippen molar-refractivity contribution in [2.24, 2.45) is 0 Å². The van der Waals surface area contributed by atoms with Gasteiger partial charge in [0.05, 0.1) is 5.56 Å². The normalized spacial score (nSPS) is 10.8. The van der Waals surface area contributed by atoms with Gasteiger partial charge in [-0.05, 0) is 65.8 Å². The summed E-state index contributed by atoms with van der Waals surface area (Å²) in [6.07, 6.45) is 1.77. The van der Waals surface area contributed by atoms with E-state index in [9.17, 15) is 5.11 Å². The van der Waals surface area contributed by atoms with E-state index in [1.807, 2.05) is 26.0 Å². The van der Waals surface area contributed by atoms with Crippen molar-refractivity contribution in [1.82, 2.24) is 15.1 Å². The van der Waals surface area contributed by atoms with E-state index in [0.717, 1.165) is 14.7 Å². The molecular weight excluding hydrogens is 381 g/mol. The van der Waals surface area contributed by atoms with Crippen LogP contribution < -0.4 is 0 Å². The highest BCUT2D eigenvalue weighted by Gasteiger charge is 2.16. The summed E-state index contributed by atoms with van der Waals surface area (Å²) in [5, 5.41) is 13.9. The molecule has 0 atom stereocenters. The number of halogens is 1. The van der Waals surface area contributed by atoms with Crippen molar-refractivity contribution in [3.05, 3.63) is 45.2 Å². The second-order valence-electron chi connectivity index (χ2n) is 4.76. The summed E-state index contributed by atoms with van der Waals surface area (Å²) in [6.45, 7) is 3.93. The van der Waals surface area contributed by atoms with Crippen molar-refractivity contribution in [2.45, 2.75) is 13.8 Å². The molecule has 21 heavy (non-hydrogen) atoms. The first kappa shape index (κ1) is 14.0. The molecule has 0 radical (unpaired) electrons. The third kappa shape index (κ3) is 2.76. The Hall–Kier alpha value is -1.96. The van der Waals surface area contributed by atoms with Crippen molar-refractivity contribution in [3.8, 4) is 28.7 Å². The molecule has 1 aromatic carbocycles. The van der Waals surface area contributed by atoms with Crippen LogP contribution in [0.4, 0.5) is 0 Å². The first-order valence-electron chi connectivity index (χ1n) is 6.31. The summed E-state index contributed by atoms with van der Waals surface area (Å²) in [7, 11) is 0. The molecule has 0 unspecified atom stereocenters. The summed E-state index contributed by atoms with van der Waals surface area (Å²) in [5.41, 5.74) is 3.26. The van der Waals surface area contributed by atoms with Crippen molar-refractivity contribution < 1.29 is 9.63 Å². The monoisotopic (exact) mass is 393 g/mol. The summed E-state index contributed by atoms with van der Waals surface area (Å²) < 4.78 is 6.24. The van der Waals surface area contributed by atoms with Crippen molar-refractivity contribution in [1.29, 1.82) is 0 Å². The van der Waals surface area contributed by atoms with Crippen molar-refractivity contribution >= 4 is 22.6 Å². The van der Waals surface area contributed by atoms with Gasteiger partial charge in [-0.25, -0.2) is 0 Å². The molecule has 3 rings (SSSR count). The lowest BCUT2D eigenvalue weighted by Crippen LogP contribution is -1.91. The van der Waals surface area contributed by atoms with Gasteiger partial charge in [0.15, 0.2) is 0 Å². The van der Waals surface area contributed by atoms with E-state index in [-0.39, 0.29) is 11.6 Å². The molecule has 0 aliphatic heterocycles. The van der Waals surface area contributed by atoms with Gasteiger partial charge in [0, 0.05) is 9.77 Å². The third-order valence-electron chi connectivity index (χ3n) is 3.04. The van der Waals surface area contributed by atoms with Gasteiger partial charge in [0.2, 0.25) is 5.82 Å². The maximum Gasteiger partial charge on any atom is 0.262 e. The van der Waals surface area contributed by atoms with E-state index in [1.165, 1.54) is 0 Å². The lowest BCUT2D eigenvalue weighted by atomic mass is 10.1. The topological polar surface area (TPSA) is 72.0 Å². The summed E-state index contributed by atoms with van der Waals surface area (Å²) in [6, 6.07) is 7.22. The van der Waals surface area contributed by atoms with Crippen LogP contribution in [0.5, 0.6) is 5.75 Å². The van der Waals surface area contributed by atoms with Gasteiger partial charge in [-0.2, -0.15) is 4.98 Å². The summed E-state index contributed by atoms with van der Waals surface area (Å²) in [5.74, 6) is 0.808. The molecule has 0 aliphatic rings. The second kappa shape index (κ2) is 5.44. The zero-order chi connectivity index (χ0) is 15.0. The Morgan fingerprint density at radius 1 is 1.19 bits per heavy atom. The van der Waals surface area contributed by atoms with Gasteiger partial charge < -0.3 is 9.63 Å². The number of aryl methyl sites for hydroxylation is 2. The Balaban J connectivity index is 2.06. The van der Waals surface area contributed by atoms with Crippen molar-refractivity contribution in [2.75, 3.05) is 0 Å². The zero-order valence-corrected chi connectivity index (χ0v) is 13.6. The highest BCUT2D eigenvalue weighted by atomic mass is 127. The fourth-order valence-corrected chi connectivity index (χ4v) is 2.55. The van der Waals surface area contributed by atoms with E-state index >= 15 is 0 Å². The Labute approximate surface area is 135 Å². The maximum absolute atomic E-state index is 9.91. The minimum atomic E-state index is 0.110. The van der Waals surface area contributed by atoms with E-state index in [1.54, 1.807) is 18.3 Å². The SMILES string of the molecule is Cc1cnc(-c2noc(-c3cc(I)ccc3O)n2)c(C)c1. The number of aromatic nitrogens is 3. The highest BCUT2D eigenvalue weighted by molar-refractivity contribution is 14.1. The van der Waals surface area contributed by atoms with Crippen LogP contribution in [-0.2, 0) is 0 Å². The number of phenols is 1. The zero-order valence-electron chi connectivity index (χ0n) is 11.5. The van der Waals surface area contributed by atoms with Gasteiger partial charge in [-0.1, -0.05) is 11.2 Å². The molecule has 2 heterocycles. The van der Waals surface area contributed by atoms with E-state index in [2.05, 4.69) is 37.7 Å². The molecule has 6 heteroatoms. The quantitative estimate of drug-likeness (QED) is 0.672. The van der Waals surface area contributed by atoms with Gasteiger partial charge in [0.25, 0.3) is 5.89 Å². The lowest BCUT2D eigenvalue weighted by Gasteiger charge is -2.01. The maximum atomic E-state index is 9.91. The van der Waals surface area contributed by atoms with Crippen LogP contribution >= 0.6 is 22.6 Å². The molecule has 0 amide bonds. The third-order valence-corrected chi connectivity index (χ3v) is 3.71. The van der Waals surface area contributed by atoms with E-state index < -0.39 is 0 Å². The Morgan fingerprint density at radius 2 is 2.00 bits per heavy atom. The van der Waals surface area contributed by atoms with Crippen LogP contribution in [0.3, 0.4) is 0 Å². The van der Waals surface area contributed by atoms with Crippen LogP contribution in [0.2, 0.25) is 0 Å². The molecule has 5 nitrogen and oxygen atoms in total. The minimum Gasteiger partial charge on any atom is -0.507 e. The fourth-order valence-electron chi connectivity index (χ4n) is 2.06. The van der Waals surface area contributed by atoms with Crippen LogP contribution in [0, 0.1) is 17.4 Å². The first-order valence-corrected chi connectivity index (χ1v) is 7.38. The predicted octanol–water partition coefficient (Wildman–Crippen LogP) is 3.73. The Bertz CT molecular complexity index is 814. The smallest absolute Gasteiger partial charge is 0.262 e. The minimum absolute atomic E-state index is 0.110. The first-order chi connectivity index (χ1) is 10.0. The molecule has 0 saturated heterocycles. The molecule has 0 bridgehead atoms. The Kier molecular flexibility index (Phi) is 3.62. The van der Waals surface area contributed by atoms with Gasteiger partial charge >= 0.3 is 0 Å². The molecule has 0 spiro atoms. The number of hydrogen-bond donors (Lipinski definition) is 1. The standard InChI is InChI=1S/C15H12IN3O2/c1-8-5-9(2)13(17-7-8)14-18-15(21-19-14)11-6-10(16)3-4-12(11)20/h3-7,20H,1-2H3. The number of pyridine rings is 1. The van der Waals surface area contributed by atoms with Gasteiger partial charge in [-0.15, -0.1) is 0 Å². The summed E-state index contributed by atoms with van der Waals surface area (Å²) >= 11 is 2.16. The van der Waals surface area contributed by atoms with Gasteiger partial charge in [0.1, 0.15) is 11.4 Å². The fraction of sp³-hybridized carbons (Fsp3) is 0.133. The summed E-state index contributed by atoms with van der Waals surface area (Å²) in [4.78, 5) is 8.69. The van der Waals surface area contributed by atoms with Crippen LogP contribution in [-0.4, -0.2) is 20.2 Å². The largest absolute Gasteiger partial charge is 0.507 e. The number of phenolic OH excluding ortho intramolecular Hbond substituents is 1. The van der Waals surface area contributed by atoms with Crippen molar-refractivity contribution in [3.63, 3.8) is 0 Å².